The average molecular weight is 361 g/mol. The molecule has 0 saturated heterocycles. The number of hydrogen-bond acceptors (Lipinski definition) is 4. The van der Waals surface area contributed by atoms with Gasteiger partial charge in [-0.25, -0.2) is 13.8 Å². The molecule has 0 spiro atoms. The normalized spacial score (nSPS) is 10.5. The highest BCUT2D eigenvalue weighted by atomic mass is 35.5. The molecule has 2 aromatic carbocycles. The quantitative estimate of drug-likeness (QED) is 0.662. The van der Waals surface area contributed by atoms with E-state index in [0.29, 0.717) is 17.4 Å². The predicted octanol–water partition coefficient (Wildman–Crippen LogP) is 4.81. The van der Waals surface area contributed by atoms with Crippen LogP contribution in [0.1, 0.15) is 5.56 Å². The number of aromatic nitrogens is 2. The molecule has 0 unspecified atom stereocenters. The molecule has 0 aliphatic heterocycles. The van der Waals surface area contributed by atoms with Gasteiger partial charge in [0.05, 0.1) is 0 Å². The van der Waals surface area contributed by atoms with E-state index >= 15 is 0 Å². The van der Waals surface area contributed by atoms with Crippen LogP contribution in [0.4, 0.5) is 26.2 Å². The highest BCUT2D eigenvalue weighted by molar-refractivity contribution is 6.30. The second-order valence-electron chi connectivity index (χ2n) is 5.29. The Morgan fingerprint density at radius 2 is 1.76 bits per heavy atom. The average Bonchev–Trinajstić information content (AvgIpc) is 2.59. The summed E-state index contributed by atoms with van der Waals surface area (Å²) in [6, 6.07) is 12.9. The van der Waals surface area contributed by atoms with Crippen LogP contribution in [0.5, 0.6) is 0 Å². The molecule has 128 valence electrons. The summed E-state index contributed by atoms with van der Waals surface area (Å²) in [6.45, 7) is 0.630. The molecule has 1 heterocycles. The van der Waals surface area contributed by atoms with Crippen LogP contribution in [0.2, 0.25) is 5.02 Å². The number of nitrogens with zero attached hydrogens (tertiary/aromatic N) is 2. The van der Waals surface area contributed by atoms with Gasteiger partial charge < -0.3 is 10.6 Å². The van der Waals surface area contributed by atoms with E-state index in [1.165, 1.54) is 24.4 Å². The predicted molar refractivity (Wildman–Crippen MR) is 95.3 cm³/mol. The van der Waals surface area contributed by atoms with Crippen molar-refractivity contribution in [2.75, 3.05) is 17.2 Å². The Bertz CT molecular complexity index is 853. The first kappa shape index (κ1) is 17.1. The third kappa shape index (κ3) is 4.64. The molecule has 3 rings (SSSR count). The van der Waals surface area contributed by atoms with Gasteiger partial charge in [0.15, 0.2) is 0 Å². The van der Waals surface area contributed by atoms with E-state index in [9.17, 15) is 8.78 Å². The first-order valence-electron chi connectivity index (χ1n) is 7.64. The fraction of sp³-hybridized carbons (Fsp3) is 0.111. The summed E-state index contributed by atoms with van der Waals surface area (Å²) in [4.78, 5) is 8.19. The van der Waals surface area contributed by atoms with E-state index in [4.69, 9.17) is 11.6 Å². The molecule has 2 N–H and O–H groups in total. The van der Waals surface area contributed by atoms with Gasteiger partial charge in [0.25, 0.3) is 0 Å². The lowest BCUT2D eigenvalue weighted by Gasteiger charge is -2.09. The van der Waals surface area contributed by atoms with E-state index in [1.54, 1.807) is 6.07 Å². The van der Waals surface area contributed by atoms with E-state index in [2.05, 4.69) is 20.6 Å². The van der Waals surface area contributed by atoms with Crippen LogP contribution in [0.25, 0.3) is 0 Å². The Balaban J connectivity index is 1.63. The minimum absolute atomic E-state index is 0.108. The number of anilines is 3. The maximum absolute atomic E-state index is 13.7. The Hall–Kier alpha value is -2.73. The Morgan fingerprint density at radius 1 is 1.00 bits per heavy atom. The van der Waals surface area contributed by atoms with Crippen LogP contribution >= 0.6 is 11.6 Å². The zero-order valence-electron chi connectivity index (χ0n) is 13.1. The van der Waals surface area contributed by atoms with Crippen molar-refractivity contribution in [2.45, 2.75) is 6.42 Å². The lowest BCUT2D eigenvalue weighted by Crippen LogP contribution is -2.08. The van der Waals surface area contributed by atoms with Gasteiger partial charge in [-0.15, -0.1) is 0 Å². The van der Waals surface area contributed by atoms with Crippen molar-refractivity contribution in [1.29, 1.82) is 0 Å². The third-order valence-corrected chi connectivity index (χ3v) is 3.70. The first-order valence-corrected chi connectivity index (χ1v) is 8.02. The van der Waals surface area contributed by atoms with Crippen LogP contribution in [-0.2, 0) is 6.42 Å². The monoisotopic (exact) mass is 360 g/mol. The van der Waals surface area contributed by atoms with Gasteiger partial charge in [-0.2, -0.15) is 4.98 Å². The highest BCUT2D eigenvalue weighted by Gasteiger charge is 2.10. The molecule has 4 nitrogen and oxygen atoms in total. The number of rotatable bonds is 6. The molecule has 0 aliphatic carbocycles. The number of para-hydroxylation sites is 1. The van der Waals surface area contributed by atoms with Crippen LogP contribution < -0.4 is 10.6 Å². The lowest BCUT2D eigenvalue weighted by atomic mass is 10.1. The van der Waals surface area contributed by atoms with E-state index in [1.807, 2.05) is 24.3 Å². The molecule has 0 bridgehead atoms. The molecule has 25 heavy (non-hydrogen) atoms. The first-order chi connectivity index (χ1) is 12.1. The van der Waals surface area contributed by atoms with Crippen LogP contribution in [-0.4, -0.2) is 16.5 Å². The van der Waals surface area contributed by atoms with Gasteiger partial charge in [0.2, 0.25) is 5.95 Å². The summed E-state index contributed by atoms with van der Waals surface area (Å²) < 4.78 is 27.4. The van der Waals surface area contributed by atoms with E-state index in [0.717, 1.165) is 12.0 Å². The van der Waals surface area contributed by atoms with Crippen molar-refractivity contribution >= 4 is 29.1 Å². The summed E-state index contributed by atoms with van der Waals surface area (Å²) in [5.74, 6) is -0.751. The Morgan fingerprint density at radius 3 is 2.52 bits per heavy atom. The molecule has 0 saturated carbocycles. The maximum Gasteiger partial charge on any atom is 0.229 e. The summed E-state index contributed by atoms with van der Waals surface area (Å²) in [6.07, 6.45) is 2.27. The minimum Gasteiger partial charge on any atom is -0.370 e. The Labute approximate surface area is 148 Å². The van der Waals surface area contributed by atoms with Crippen molar-refractivity contribution < 1.29 is 8.78 Å². The second kappa shape index (κ2) is 7.90. The van der Waals surface area contributed by atoms with Gasteiger partial charge in [-0.1, -0.05) is 29.8 Å². The van der Waals surface area contributed by atoms with E-state index < -0.39 is 11.6 Å². The zero-order valence-corrected chi connectivity index (χ0v) is 13.9. The van der Waals surface area contributed by atoms with Crippen LogP contribution in [0, 0.1) is 11.6 Å². The van der Waals surface area contributed by atoms with Crippen molar-refractivity contribution in [3.63, 3.8) is 0 Å². The SMILES string of the molecule is Fc1cccc(F)c1Nc1nccc(NCCc2cccc(Cl)c2)n1. The molecule has 0 atom stereocenters. The fourth-order valence-electron chi connectivity index (χ4n) is 2.27. The lowest BCUT2D eigenvalue weighted by molar-refractivity contribution is 0.590. The molecular weight excluding hydrogens is 346 g/mol. The molecule has 1 aromatic heterocycles. The molecular formula is C18H15ClF2N4. The molecule has 7 heteroatoms. The van der Waals surface area contributed by atoms with Crippen molar-refractivity contribution in [2.24, 2.45) is 0 Å². The van der Waals surface area contributed by atoms with Crippen molar-refractivity contribution in [3.8, 4) is 0 Å². The Kier molecular flexibility index (Phi) is 5.40. The summed E-state index contributed by atoms with van der Waals surface area (Å²) in [7, 11) is 0. The van der Waals surface area contributed by atoms with Gasteiger partial charge in [0, 0.05) is 17.8 Å². The van der Waals surface area contributed by atoms with Gasteiger partial charge in [-0.05, 0) is 42.3 Å². The largest absolute Gasteiger partial charge is 0.370 e. The van der Waals surface area contributed by atoms with Gasteiger partial charge >= 0.3 is 0 Å². The number of hydrogen-bond donors (Lipinski definition) is 2. The zero-order chi connectivity index (χ0) is 17.6. The third-order valence-electron chi connectivity index (χ3n) is 3.46. The highest BCUT2D eigenvalue weighted by Crippen LogP contribution is 2.21. The number of halogens is 3. The summed E-state index contributed by atoms with van der Waals surface area (Å²) in [5, 5.41) is 6.41. The molecule has 0 fully saturated rings. The number of benzene rings is 2. The molecule has 3 aromatic rings. The van der Waals surface area contributed by atoms with Gasteiger partial charge in [-0.3, -0.25) is 0 Å². The molecule has 0 radical (unpaired) electrons. The van der Waals surface area contributed by atoms with Crippen molar-refractivity contribution in [3.05, 3.63) is 76.9 Å². The molecule has 0 aliphatic rings. The van der Waals surface area contributed by atoms with Crippen LogP contribution in [0.15, 0.2) is 54.7 Å². The number of nitrogens with one attached hydrogen (secondary N) is 2. The smallest absolute Gasteiger partial charge is 0.229 e. The van der Waals surface area contributed by atoms with Crippen LogP contribution in [0.3, 0.4) is 0 Å². The standard InChI is InChI=1S/C18H15ClF2N4/c19-13-4-1-3-12(11-13)7-9-22-16-8-10-23-18(24-16)25-17-14(20)5-2-6-15(17)21/h1-6,8,10-11H,7,9H2,(H2,22,23,24,25). The summed E-state index contributed by atoms with van der Waals surface area (Å²) >= 11 is 5.95. The van der Waals surface area contributed by atoms with Crippen molar-refractivity contribution in [1.82, 2.24) is 9.97 Å². The topological polar surface area (TPSA) is 49.8 Å². The molecule has 0 amide bonds. The minimum atomic E-state index is -0.706. The van der Waals surface area contributed by atoms with E-state index in [-0.39, 0.29) is 11.6 Å². The summed E-state index contributed by atoms with van der Waals surface area (Å²) in [5.41, 5.74) is 0.819. The van der Waals surface area contributed by atoms with Gasteiger partial charge in [0.1, 0.15) is 23.1 Å². The second-order valence-corrected chi connectivity index (χ2v) is 5.73. The maximum atomic E-state index is 13.7. The fourth-order valence-corrected chi connectivity index (χ4v) is 2.49.